The number of rotatable bonds is 2. The van der Waals surface area contributed by atoms with E-state index in [-0.39, 0.29) is 0 Å². The van der Waals surface area contributed by atoms with Crippen LogP contribution in [0.25, 0.3) is 0 Å². The fourth-order valence-electron chi connectivity index (χ4n) is 2.23. The van der Waals surface area contributed by atoms with Gasteiger partial charge in [-0.15, -0.1) is 0 Å². The van der Waals surface area contributed by atoms with E-state index in [1.165, 1.54) is 0 Å². The van der Waals surface area contributed by atoms with Crippen molar-refractivity contribution >= 4 is 27.6 Å². The fraction of sp³-hybridized carbons (Fsp3) is 0.667. The van der Waals surface area contributed by atoms with E-state index in [1.807, 2.05) is 14.0 Å². The maximum absolute atomic E-state index is 10.1. The van der Waals surface area contributed by atoms with Crippen molar-refractivity contribution in [3.8, 4) is 0 Å². The molecule has 1 unspecified atom stereocenters. The van der Waals surface area contributed by atoms with Gasteiger partial charge in [-0.05, 0) is 42.1 Å². The van der Waals surface area contributed by atoms with Crippen molar-refractivity contribution in [3.05, 3.63) is 10.8 Å². The van der Waals surface area contributed by atoms with Gasteiger partial charge in [-0.3, -0.25) is 0 Å². The van der Waals surface area contributed by atoms with E-state index >= 15 is 0 Å². The van der Waals surface area contributed by atoms with Gasteiger partial charge in [-0.2, -0.15) is 0 Å². The van der Waals surface area contributed by atoms with E-state index in [0.29, 0.717) is 0 Å². The Bertz CT molecular complexity index is 425. The highest BCUT2D eigenvalue weighted by Crippen LogP contribution is 2.32. The second-order valence-electron chi connectivity index (χ2n) is 4.95. The van der Waals surface area contributed by atoms with E-state index in [9.17, 15) is 5.11 Å². The molecule has 2 N–H and O–H groups in total. The summed E-state index contributed by atoms with van der Waals surface area (Å²) in [5.41, 5.74) is -0.555. The molecule has 0 radical (unpaired) electrons. The van der Waals surface area contributed by atoms with Crippen molar-refractivity contribution in [2.75, 3.05) is 30.4 Å². The summed E-state index contributed by atoms with van der Waals surface area (Å²) in [5.74, 6) is 1.68. The summed E-state index contributed by atoms with van der Waals surface area (Å²) in [5, 5.41) is 13.1. The zero-order valence-corrected chi connectivity index (χ0v) is 12.4. The molecule has 1 aromatic rings. The Morgan fingerprint density at radius 1 is 1.39 bits per heavy atom. The van der Waals surface area contributed by atoms with Crippen LogP contribution in [-0.4, -0.2) is 40.8 Å². The molecule has 0 bridgehead atoms. The first-order valence-electron chi connectivity index (χ1n) is 6.19. The molecule has 18 heavy (non-hydrogen) atoms. The molecule has 6 heteroatoms. The molecule has 1 atom stereocenters. The second kappa shape index (κ2) is 5.40. The number of anilines is 2. The lowest BCUT2D eigenvalue weighted by Crippen LogP contribution is -2.29. The number of nitrogens with one attached hydrogen (secondary N) is 1. The van der Waals surface area contributed by atoms with E-state index in [2.05, 4.69) is 36.1 Å². The normalized spacial score (nSPS) is 24.8. The highest BCUT2D eigenvalue weighted by Gasteiger charge is 2.26. The molecule has 0 aromatic carbocycles. The summed E-state index contributed by atoms with van der Waals surface area (Å²) in [6, 6.07) is 0. The van der Waals surface area contributed by atoms with Gasteiger partial charge in [0.2, 0.25) is 0 Å². The standard InChI is InChI=1S/C12H19BrN4O/c1-12(18)4-3-6-17(7-5-12)11-9(13)10(14-2)15-8-16-11/h8,18H,3-7H2,1-2H3,(H,14,15,16). The zero-order chi connectivity index (χ0) is 13.2. The second-order valence-corrected chi connectivity index (χ2v) is 5.74. The van der Waals surface area contributed by atoms with Gasteiger partial charge in [0.05, 0.1) is 5.60 Å². The minimum atomic E-state index is -0.555. The first-order chi connectivity index (χ1) is 8.53. The van der Waals surface area contributed by atoms with Crippen LogP contribution in [0.4, 0.5) is 11.6 Å². The first kappa shape index (κ1) is 13.5. The predicted octanol–water partition coefficient (Wildman–Crippen LogP) is 2.02. The van der Waals surface area contributed by atoms with E-state index < -0.39 is 5.60 Å². The average Bonchev–Trinajstić information content (AvgIpc) is 2.51. The van der Waals surface area contributed by atoms with Gasteiger partial charge in [0.25, 0.3) is 0 Å². The van der Waals surface area contributed by atoms with Crippen LogP contribution >= 0.6 is 15.9 Å². The Kier molecular flexibility index (Phi) is 4.07. The Labute approximate surface area is 116 Å². The minimum absolute atomic E-state index is 0.555. The van der Waals surface area contributed by atoms with Crippen LogP contribution in [0, 0.1) is 0 Å². The zero-order valence-electron chi connectivity index (χ0n) is 10.8. The molecule has 0 aliphatic carbocycles. The smallest absolute Gasteiger partial charge is 0.148 e. The quantitative estimate of drug-likeness (QED) is 0.874. The molecule has 2 rings (SSSR count). The van der Waals surface area contributed by atoms with Crippen molar-refractivity contribution in [1.82, 2.24) is 9.97 Å². The molecule has 0 saturated carbocycles. The van der Waals surface area contributed by atoms with Crippen molar-refractivity contribution in [2.24, 2.45) is 0 Å². The third kappa shape index (κ3) is 2.92. The number of nitrogens with zero attached hydrogens (tertiary/aromatic N) is 3. The van der Waals surface area contributed by atoms with Crippen LogP contribution in [-0.2, 0) is 0 Å². The lowest BCUT2D eigenvalue weighted by atomic mass is 9.98. The average molecular weight is 315 g/mol. The highest BCUT2D eigenvalue weighted by atomic mass is 79.9. The van der Waals surface area contributed by atoms with E-state index in [0.717, 1.165) is 48.5 Å². The molecule has 5 nitrogen and oxygen atoms in total. The van der Waals surface area contributed by atoms with Gasteiger partial charge >= 0.3 is 0 Å². The van der Waals surface area contributed by atoms with E-state index in [4.69, 9.17) is 0 Å². The third-order valence-corrected chi connectivity index (χ3v) is 4.10. The molecule has 1 saturated heterocycles. The van der Waals surface area contributed by atoms with Gasteiger partial charge in [-0.25, -0.2) is 9.97 Å². The predicted molar refractivity (Wildman–Crippen MR) is 76.0 cm³/mol. The number of halogens is 1. The van der Waals surface area contributed by atoms with Crippen molar-refractivity contribution in [2.45, 2.75) is 31.8 Å². The Balaban J connectivity index is 2.21. The Hall–Kier alpha value is -0.880. The number of aliphatic hydroxyl groups is 1. The molecule has 1 fully saturated rings. The summed E-state index contributed by atoms with van der Waals surface area (Å²) in [6.07, 6.45) is 4.14. The van der Waals surface area contributed by atoms with Crippen molar-refractivity contribution in [1.29, 1.82) is 0 Å². The van der Waals surface area contributed by atoms with E-state index in [1.54, 1.807) is 6.33 Å². The molecule has 2 heterocycles. The lowest BCUT2D eigenvalue weighted by molar-refractivity contribution is 0.0481. The summed E-state index contributed by atoms with van der Waals surface area (Å²) in [4.78, 5) is 10.7. The molecule has 0 amide bonds. The van der Waals surface area contributed by atoms with Crippen LogP contribution in [0.15, 0.2) is 10.8 Å². The molecular formula is C12H19BrN4O. The summed E-state index contributed by atoms with van der Waals surface area (Å²) >= 11 is 3.54. The van der Waals surface area contributed by atoms with Gasteiger partial charge < -0.3 is 15.3 Å². The number of hydrogen-bond donors (Lipinski definition) is 2. The Morgan fingerprint density at radius 3 is 2.89 bits per heavy atom. The summed E-state index contributed by atoms with van der Waals surface area (Å²) < 4.78 is 0.883. The third-order valence-electron chi connectivity index (χ3n) is 3.37. The van der Waals surface area contributed by atoms with Gasteiger partial charge in [0, 0.05) is 20.1 Å². The van der Waals surface area contributed by atoms with Crippen LogP contribution in [0.2, 0.25) is 0 Å². The number of hydrogen-bond acceptors (Lipinski definition) is 5. The van der Waals surface area contributed by atoms with Gasteiger partial charge in [0.15, 0.2) is 0 Å². The summed E-state index contributed by atoms with van der Waals surface area (Å²) in [6.45, 7) is 3.63. The van der Waals surface area contributed by atoms with Crippen LogP contribution in [0.5, 0.6) is 0 Å². The SMILES string of the molecule is CNc1ncnc(N2CCCC(C)(O)CC2)c1Br. The molecule has 0 spiro atoms. The van der Waals surface area contributed by atoms with Crippen molar-refractivity contribution < 1.29 is 5.11 Å². The highest BCUT2D eigenvalue weighted by molar-refractivity contribution is 9.10. The van der Waals surface area contributed by atoms with Crippen LogP contribution in [0.3, 0.4) is 0 Å². The maximum Gasteiger partial charge on any atom is 0.148 e. The molecule has 100 valence electrons. The molecular weight excluding hydrogens is 296 g/mol. The fourth-order valence-corrected chi connectivity index (χ4v) is 2.88. The number of aromatic nitrogens is 2. The lowest BCUT2D eigenvalue weighted by Gasteiger charge is -2.24. The summed E-state index contributed by atoms with van der Waals surface area (Å²) in [7, 11) is 1.84. The van der Waals surface area contributed by atoms with Gasteiger partial charge in [-0.1, -0.05) is 0 Å². The first-order valence-corrected chi connectivity index (χ1v) is 6.98. The maximum atomic E-state index is 10.1. The van der Waals surface area contributed by atoms with Crippen LogP contribution < -0.4 is 10.2 Å². The van der Waals surface area contributed by atoms with Gasteiger partial charge in [0.1, 0.15) is 22.4 Å². The Morgan fingerprint density at radius 2 is 2.17 bits per heavy atom. The van der Waals surface area contributed by atoms with Crippen LogP contribution in [0.1, 0.15) is 26.2 Å². The largest absolute Gasteiger partial charge is 0.390 e. The molecule has 1 aliphatic rings. The molecule has 1 aliphatic heterocycles. The van der Waals surface area contributed by atoms with Crippen molar-refractivity contribution in [3.63, 3.8) is 0 Å². The molecule has 1 aromatic heterocycles. The minimum Gasteiger partial charge on any atom is -0.390 e. The topological polar surface area (TPSA) is 61.3 Å². The monoisotopic (exact) mass is 314 g/mol.